The molecule has 0 N–H and O–H groups in total. The Kier molecular flexibility index (Phi) is 5.50. The van der Waals surface area contributed by atoms with E-state index in [1.165, 1.54) is 4.58 Å². The highest BCUT2D eigenvalue weighted by Gasteiger charge is 2.39. The monoisotopic (exact) mass is 750 g/mol. The molecule has 0 amide bonds. The van der Waals surface area contributed by atoms with Gasteiger partial charge < -0.3 is 4.74 Å². The van der Waals surface area contributed by atoms with Crippen molar-refractivity contribution in [3.63, 3.8) is 0 Å². The normalized spacial score (nSPS) is 15.6. The summed E-state index contributed by atoms with van der Waals surface area (Å²) in [5, 5.41) is 1.96. The van der Waals surface area contributed by atoms with Crippen LogP contribution >= 0.6 is 0 Å². The minimum atomic E-state index is -0.772. The molecule has 272 valence electrons. The molecule has 0 saturated carbocycles. The topological polar surface area (TPSA) is 46.0 Å². The van der Waals surface area contributed by atoms with E-state index >= 15 is 0 Å². The number of aromatic nitrogens is 3. The molecule has 1 aliphatic heterocycles. The summed E-state index contributed by atoms with van der Waals surface area (Å²) in [5.41, 5.74) is 1.93. The van der Waals surface area contributed by atoms with Crippen molar-refractivity contribution in [1.82, 2.24) is 23.7 Å². The highest BCUT2D eigenvalue weighted by Crippen LogP contribution is 2.44. The molecule has 0 aliphatic carbocycles. The Morgan fingerprint density at radius 3 is 2.04 bits per heavy atom. The first-order valence-electron chi connectivity index (χ1n) is 24.7. The van der Waals surface area contributed by atoms with E-state index in [1.807, 2.05) is 36.5 Å². The second kappa shape index (κ2) is 13.7. The third-order valence-corrected chi connectivity index (χ3v) is 9.83. The van der Waals surface area contributed by atoms with Crippen LogP contribution in [-0.4, -0.2) is 20.5 Å². The molecule has 0 saturated heterocycles. The largest absolute Gasteiger partial charge is 0.503 e. The quantitative estimate of drug-likeness (QED) is 0.152. The zero-order valence-electron chi connectivity index (χ0n) is 44.0. The van der Waals surface area contributed by atoms with E-state index in [9.17, 15) is 2.74 Å². The maximum absolute atomic E-state index is 9.33. The number of rotatable bonds is 7. The molecule has 3 aromatic heterocycles. The number of ether oxygens (including phenoxy) is 1. The molecular weight excluding hydrogens is 699 g/mol. The van der Waals surface area contributed by atoms with Crippen LogP contribution in [0.1, 0.15) is 44.2 Å². The van der Waals surface area contributed by atoms with Gasteiger partial charge in [0.25, 0.3) is 11.4 Å². The average molecular weight is 751 g/mol. The van der Waals surface area contributed by atoms with Crippen LogP contribution in [-0.2, 0) is 5.41 Å². The van der Waals surface area contributed by atoms with Crippen LogP contribution in [0.2, 0.25) is 0 Å². The van der Waals surface area contributed by atoms with Crippen LogP contribution in [0.5, 0.6) is 11.5 Å². The number of hydrogen-bond acceptors (Lipinski definition) is 3. The van der Waals surface area contributed by atoms with Gasteiger partial charge in [-0.15, -0.1) is 0 Å². The Balaban J connectivity index is 1.20. The van der Waals surface area contributed by atoms with E-state index < -0.39 is 101 Å². The van der Waals surface area contributed by atoms with Crippen molar-refractivity contribution in [2.45, 2.75) is 26.2 Å². The Hall–Kier alpha value is -7.40. The maximum Gasteiger partial charge on any atom is 0.503 e. The van der Waals surface area contributed by atoms with Crippen molar-refractivity contribution in [3.8, 4) is 39.6 Å². The second-order valence-corrected chi connectivity index (χ2v) is 14.4. The van der Waals surface area contributed by atoms with Gasteiger partial charge in [-0.3, -0.25) is 9.55 Å². The van der Waals surface area contributed by atoms with Crippen LogP contribution in [0.4, 0.5) is 22.7 Å². The molecule has 1 aliphatic rings. The summed E-state index contributed by atoms with van der Waals surface area (Å²) in [6, 6.07) is 19.7. The second-order valence-electron chi connectivity index (χ2n) is 14.4. The van der Waals surface area contributed by atoms with Gasteiger partial charge in [-0.25, -0.2) is 4.98 Å². The van der Waals surface area contributed by atoms with Gasteiger partial charge in [0.15, 0.2) is 0 Å². The van der Waals surface area contributed by atoms with Gasteiger partial charge in [0.2, 0.25) is 11.4 Å². The molecule has 9 aromatic rings. The van der Waals surface area contributed by atoms with E-state index in [0.717, 1.165) is 33.2 Å². The van der Waals surface area contributed by atoms with Crippen LogP contribution in [0.3, 0.4) is 0 Å². The van der Waals surface area contributed by atoms with Gasteiger partial charge in [-0.1, -0.05) is 105 Å². The van der Waals surface area contributed by atoms with Gasteiger partial charge in [-0.2, -0.15) is 0 Å². The fraction of sp³-hybridized carbons (Fsp3) is 0.0784. The Bertz CT molecular complexity index is 3680. The minimum absolute atomic E-state index is 0.128. The van der Waals surface area contributed by atoms with Crippen LogP contribution in [0.25, 0.3) is 49.9 Å². The fourth-order valence-corrected chi connectivity index (χ4v) is 7.14. The van der Waals surface area contributed by atoms with Gasteiger partial charge in [-0.05, 0) is 79.7 Å². The van der Waals surface area contributed by atoms with Crippen LogP contribution in [0.15, 0.2) is 182 Å². The zero-order valence-corrected chi connectivity index (χ0v) is 31.0. The molecule has 4 heterocycles. The molecule has 0 bridgehead atoms. The summed E-state index contributed by atoms with van der Waals surface area (Å²) in [4.78, 5) is 9.21. The lowest BCUT2D eigenvalue weighted by atomic mass is 9.88. The molecule has 0 atom stereocenters. The molecule has 10 rings (SSSR count). The molecule has 6 nitrogen and oxygen atoms in total. The predicted molar refractivity (Wildman–Crippen MR) is 233 cm³/mol. The first kappa shape index (κ1) is 22.9. The Labute approximate surface area is 349 Å². The lowest BCUT2D eigenvalue weighted by Crippen LogP contribution is -2.12. The number of benzene rings is 6. The number of hydrogen-bond donors (Lipinski definition) is 0. The number of para-hydroxylation sites is 3. The lowest BCUT2D eigenvalue weighted by molar-refractivity contribution is 0.483. The summed E-state index contributed by atoms with van der Waals surface area (Å²) in [6.07, 6.45) is 5.37. The fourth-order valence-electron chi connectivity index (χ4n) is 7.14. The van der Waals surface area contributed by atoms with Crippen molar-refractivity contribution in [3.05, 3.63) is 188 Å². The average Bonchev–Trinajstić information content (AvgIpc) is 3.90. The first-order valence-corrected chi connectivity index (χ1v) is 18.2. The third-order valence-electron chi connectivity index (χ3n) is 9.83. The van der Waals surface area contributed by atoms with E-state index in [0.29, 0.717) is 28.6 Å². The van der Waals surface area contributed by atoms with Crippen molar-refractivity contribution in [1.29, 1.82) is 0 Å². The molecule has 0 spiro atoms. The predicted octanol–water partition coefficient (Wildman–Crippen LogP) is 12.9. The van der Waals surface area contributed by atoms with E-state index in [-0.39, 0.29) is 11.1 Å². The molecule has 57 heavy (non-hydrogen) atoms. The summed E-state index contributed by atoms with van der Waals surface area (Å²) in [5.74, 6) is 1.66. The van der Waals surface area contributed by atoms with Gasteiger partial charge >= 0.3 is 6.01 Å². The maximum atomic E-state index is 9.33. The first-order chi connectivity index (χ1) is 33.3. The zero-order chi connectivity index (χ0) is 49.8. The molecule has 0 radical (unpaired) electrons. The summed E-state index contributed by atoms with van der Waals surface area (Å²) in [6.45, 7) is 6.44. The van der Waals surface area contributed by atoms with E-state index in [4.69, 9.17) is 24.8 Å². The number of nitrogens with zero attached hydrogens (tertiary/aromatic N) is 5. The molecule has 6 heteroatoms. The van der Waals surface area contributed by atoms with E-state index in [1.54, 1.807) is 65.5 Å². The summed E-state index contributed by atoms with van der Waals surface area (Å²) in [7, 11) is 0. The standard InChI is InChI=1S/C51H39N5O/c1-51(2,3)37-26-29-53-49(30-37)56-47-32-40(24-25-43(47)44-27-28-52-33-48(44)56)57-39-19-12-18-38(31-39)54-34-55(46-23-11-10-22-45(46)54)50-41(35-14-6-4-7-15-35)20-13-21-42(50)36-16-8-5-9-17-36/h4-33H,1-3H3/q+2/i4D,5D,6D,7D,8D,9D,13D,14D,15D,16D,17D,20D,21D. The van der Waals surface area contributed by atoms with Gasteiger partial charge in [0, 0.05) is 47.4 Å². The van der Waals surface area contributed by atoms with E-state index in [2.05, 4.69) is 42.4 Å². The smallest absolute Gasteiger partial charge is 0.457 e. The van der Waals surface area contributed by atoms with Crippen LogP contribution < -0.4 is 13.9 Å². The van der Waals surface area contributed by atoms with Crippen molar-refractivity contribution < 1.29 is 22.6 Å². The van der Waals surface area contributed by atoms with Gasteiger partial charge in [0.05, 0.1) is 52.2 Å². The minimum Gasteiger partial charge on any atom is -0.457 e. The van der Waals surface area contributed by atoms with Crippen molar-refractivity contribution in [2.24, 2.45) is 0 Å². The molecule has 0 fully saturated rings. The highest BCUT2D eigenvalue weighted by atomic mass is 16.5. The molecular formula is C51H39N5O+2. The molecule has 0 unspecified atom stereocenters. The van der Waals surface area contributed by atoms with Crippen molar-refractivity contribution >= 4 is 50.6 Å². The summed E-state index contributed by atoms with van der Waals surface area (Å²) >= 11 is 0. The SMILES string of the molecule is [2H]c1c([2H])c([2H])c(-c2c([2H])c([2H])c([2H])c(-c3c([2H])c([2H])c([2H])c([2H])c3[2H])c2[N+]2=C=[N+](c3cccc(Oc4ccc5c6ccncc6n(-c6cc(C(C)(C)C)ccn6)c5c4)c3)c3ccccc32)c([2H])c1[2H]. The lowest BCUT2D eigenvalue weighted by Gasteiger charge is -2.20. The Morgan fingerprint density at radius 2 is 1.32 bits per heavy atom. The number of fused-ring (bicyclic) bond motifs is 4. The number of pyridine rings is 2. The highest BCUT2D eigenvalue weighted by molar-refractivity contribution is 6.09. The summed E-state index contributed by atoms with van der Waals surface area (Å²) < 4.78 is 126. The molecule has 6 aromatic carbocycles. The third kappa shape index (κ3) is 6.09. The van der Waals surface area contributed by atoms with Gasteiger partial charge in [0.1, 0.15) is 17.3 Å². The van der Waals surface area contributed by atoms with Crippen LogP contribution in [0, 0.1) is 0 Å². The Morgan fingerprint density at radius 1 is 0.632 bits per heavy atom. The van der Waals surface area contributed by atoms with Crippen molar-refractivity contribution in [2.75, 3.05) is 0 Å².